The van der Waals surface area contributed by atoms with Crippen molar-refractivity contribution in [3.63, 3.8) is 0 Å². The van der Waals surface area contributed by atoms with Crippen molar-refractivity contribution in [1.29, 1.82) is 0 Å². The molecule has 0 spiro atoms. The van der Waals surface area contributed by atoms with Gasteiger partial charge in [0.2, 0.25) is 5.91 Å². The van der Waals surface area contributed by atoms with Gasteiger partial charge in [-0.15, -0.1) is 11.3 Å². The average molecular weight is 522 g/mol. The standard InChI is InChI=1S/C28H31N3O5S/c1-20(32)36-22-13-11-21(12-14-22)6-4-8-24(30-28(34)26-10-5-19-37-26)27(33)29-23-7-2-3-9-25(23)31-15-17-35-18-16-31/h2-3,5,7,9-14,19,24H,4,6,8,15-18H2,1H3,(H,29,33)(H,30,34). The number of esters is 1. The Morgan fingerprint density at radius 2 is 1.78 bits per heavy atom. The van der Waals surface area contributed by atoms with Crippen LogP contribution in [0.25, 0.3) is 0 Å². The summed E-state index contributed by atoms with van der Waals surface area (Å²) < 4.78 is 10.5. The first kappa shape index (κ1) is 26.4. The Hall–Kier alpha value is -3.69. The summed E-state index contributed by atoms with van der Waals surface area (Å²) in [7, 11) is 0. The van der Waals surface area contributed by atoms with Crippen LogP contribution in [0, 0.1) is 0 Å². The van der Waals surface area contributed by atoms with Gasteiger partial charge in [-0.2, -0.15) is 0 Å². The molecule has 1 aliphatic rings. The highest BCUT2D eigenvalue weighted by Gasteiger charge is 2.24. The normalized spacial score (nSPS) is 14.0. The highest BCUT2D eigenvalue weighted by Crippen LogP contribution is 2.27. The summed E-state index contributed by atoms with van der Waals surface area (Å²) in [5, 5.41) is 7.81. The van der Waals surface area contributed by atoms with E-state index in [0.717, 1.165) is 24.3 Å². The van der Waals surface area contributed by atoms with Gasteiger partial charge in [0.15, 0.2) is 0 Å². The molecule has 2 N–H and O–H groups in total. The topological polar surface area (TPSA) is 97.0 Å². The van der Waals surface area contributed by atoms with Gasteiger partial charge in [-0.3, -0.25) is 14.4 Å². The third-order valence-electron chi connectivity index (χ3n) is 6.02. The zero-order valence-corrected chi connectivity index (χ0v) is 21.6. The zero-order valence-electron chi connectivity index (χ0n) is 20.8. The quantitative estimate of drug-likeness (QED) is 0.306. The monoisotopic (exact) mass is 521 g/mol. The fourth-order valence-electron chi connectivity index (χ4n) is 4.19. The lowest BCUT2D eigenvalue weighted by Crippen LogP contribution is -2.44. The summed E-state index contributed by atoms with van der Waals surface area (Å²) in [4.78, 5) is 40.1. The van der Waals surface area contributed by atoms with Crippen LogP contribution < -0.4 is 20.3 Å². The SMILES string of the molecule is CC(=O)Oc1ccc(CCCC(NC(=O)c2cccs2)C(=O)Nc2ccccc2N2CCOCC2)cc1. The molecule has 3 aromatic rings. The number of ether oxygens (including phenoxy) is 2. The first-order chi connectivity index (χ1) is 18.0. The van der Waals surface area contributed by atoms with Crippen molar-refractivity contribution in [3.8, 4) is 5.75 Å². The largest absolute Gasteiger partial charge is 0.427 e. The molecule has 1 atom stereocenters. The third kappa shape index (κ3) is 7.65. The van der Waals surface area contributed by atoms with Crippen LogP contribution in [0.1, 0.15) is 35.0 Å². The van der Waals surface area contributed by atoms with E-state index in [2.05, 4.69) is 15.5 Å². The Labute approximate surface area is 220 Å². The second-order valence-corrected chi connectivity index (χ2v) is 9.69. The average Bonchev–Trinajstić information content (AvgIpc) is 3.45. The van der Waals surface area contributed by atoms with E-state index in [1.807, 2.05) is 47.8 Å². The number of amides is 2. The number of hydrogen-bond donors (Lipinski definition) is 2. The molecule has 2 aromatic carbocycles. The molecule has 2 amide bonds. The van der Waals surface area contributed by atoms with Crippen LogP contribution in [0.15, 0.2) is 66.0 Å². The smallest absolute Gasteiger partial charge is 0.308 e. The van der Waals surface area contributed by atoms with Gasteiger partial charge >= 0.3 is 5.97 Å². The van der Waals surface area contributed by atoms with Crippen molar-refractivity contribution in [1.82, 2.24) is 5.32 Å². The number of carbonyl (C=O) groups excluding carboxylic acids is 3. The van der Waals surface area contributed by atoms with E-state index in [1.54, 1.807) is 18.2 Å². The van der Waals surface area contributed by atoms with E-state index in [1.165, 1.54) is 18.3 Å². The van der Waals surface area contributed by atoms with Crippen molar-refractivity contribution in [2.75, 3.05) is 36.5 Å². The predicted molar refractivity (Wildman–Crippen MR) is 144 cm³/mol. The third-order valence-corrected chi connectivity index (χ3v) is 6.89. The minimum Gasteiger partial charge on any atom is -0.427 e. The van der Waals surface area contributed by atoms with E-state index in [9.17, 15) is 14.4 Å². The number of thiophene rings is 1. The first-order valence-electron chi connectivity index (χ1n) is 12.3. The van der Waals surface area contributed by atoms with E-state index in [-0.39, 0.29) is 17.8 Å². The molecular formula is C28H31N3O5S. The molecule has 4 rings (SSSR count). The number of aryl methyl sites for hydroxylation is 1. The summed E-state index contributed by atoms with van der Waals surface area (Å²) >= 11 is 1.34. The van der Waals surface area contributed by atoms with Gasteiger partial charge in [-0.05, 0) is 60.5 Å². The van der Waals surface area contributed by atoms with Crippen LogP contribution in [0.2, 0.25) is 0 Å². The van der Waals surface area contributed by atoms with E-state index >= 15 is 0 Å². The van der Waals surface area contributed by atoms with Gasteiger partial charge in [0.25, 0.3) is 5.91 Å². The Balaban J connectivity index is 1.43. The molecule has 1 aliphatic heterocycles. The van der Waals surface area contributed by atoms with Crippen molar-refractivity contribution < 1.29 is 23.9 Å². The van der Waals surface area contributed by atoms with E-state index < -0.39 is 6.04 Å². The molecule has 0 bridgehead atoms. The number of rotatable bonds is 10. The lowest BCUT2D eigenvalue weighted by molar-refractivity contribution is -0.131. The summed E-state index contributed by atoms with van der Waals surface area (Å²) in [6.45, 7) is 4.15. The highest BCUT2D eigenvalue weighted by molar-refractivity contribution is 7.12. The van der Waals surface area contributed by atoms with Crippen molar-refractivity contribution in [2.45, 2.75) is 32.2 Å². The summed E-state index contributed by atoms with van der Waals surface area (Å²) in [5.74, 6) is -0.382. The number of nitrogens with zero attached hydrogens (tertiary/aromatic N) is 1. The van der Waals surface area contributed by atoms with Gasteiger partial charge in [0, 0.05) is 20.0 Å². The van der Waals surface area contributed by atoms with Crippen molar-refractivity contribution in [3.05, 3.63) is 76.5 Å². The molecule has 8 nitrogen and oxygen atoms in total. The molecule has 1 saturated heterocycles. The Bertz CT molecular complexity index is 1190. The lowest BCUT2D eigenvalue weighted by atomic mass is 10.0. The summed E-state index contributed by atoms with van der Waals surface area (Å²) in [6.07, 6.45) is 1.86. The number of carbonyl (C=O) groups is 3. The molecule has 1 aromatic heterocycles. The molecule has 0 radical (unpaired) electrons. The van der Waals surface area contributed by atoms with Crippen LogP contribution in [-0.4, -0.2) is 50.1 Å². The fourth-order valence-corrected chi connectivity index (χ4v) is 4.81. The minimum atomic E-state index is -0.701. The number of para-hydroxylation sites is 2. The second kappa shape index (κ2) is 13.0. The van der Waals surface area contributed by atoms with Crippen LogP contribution in [0.4, 0.5) is 11.4 Å². The maximum atomic E-state index is 13.4. The lowest BCUT2D eigenvalue weighted by Gasteiger charge is -2.31. The summed E-state index contributed by atoms with van der Waals surface area (Å²) in [6, 6.07) is 17.9. The molecule has 37 heavy (non-hydrogen) atoms. The molecule has 1 unspecified atom stereocenters. The molecule has 0 aliphatic carbocycles. The molecule has 1 fully saturated rings. The van der Waals surface area contributed by atoms with E-state index in [0.29, 0.717) is 48.8 Å². The van der Waals surface area contributed by atoms with Crippen LogP contribution in [0.3, 0.4) is 0 Å². The minimum absolute atomic E-state index is 0.254. The van der Waals surface area contributed by atoms with Gasteiger partial charge < -0.3 is 25.0 Å². The van der Waals surface area contributed by atoms with Gasteiger partial charge in [-0.25, -0.2) is 0 Å². The maximum Gasteiger partial charge on any atom is 0.308 e. The summed E-state index contributed by atoms with van der Waals surface area (Å²) in [5.41, 5.74) is 2.71. The molecule has 0 saturated carbocycles. The first-order valence-corrected chi connectivity index (χ1v) is 13.2. The Morgan fingerprint density at radius 1 is 1.03 bits per heavy atom. The molecule has 2 heterocycles. The number of morpholine rings is 1. The van der Waals surface area contributed by atoms with E-state index in [4.69, 9.17) is 9.47 Å². The van der Waals surface area contributed by atoms with Gasteiger partial charge in [0.05, 0.1) is 29.5 Å². The van der Waals surface area contributed by atoms with Crippen LogP contribution >= 0.6 is 11.3 Å². The van der Waals surface area contributed by atoms with Crippen LogP contribution in [-0.2, 0) is 20.7 Å². The highest BCUT2D eigenvalue weighted by atomic mass is 32.1. The number of nitrogens with one attached hydrogen (secondary N) is 2. The Morgan fingerprint density at radius 3 is 2.49 bits per heavy atom. The number of benzene rings is 2. The maximum absolute atomic E-state index is 13.4. The van der Waals surface area contributed by atoms with Crippen molar-refractivity contribution >= 4 is 40.5 Å². The van der Waals surface area contributed by atoms with Gasteiger partial charge in [0.1, 0.15) is 11.8 Å². The Kier molecular flexibility index (Phi) is 9.29. The van der Waals surface area contributed by atoms with Gasteiger partial charge in [-0.1, -0.05) is 30.3 Å². The molecular weight excluding hydrogens is 490 g/mol. The van der Waals surface area contributed by atoms with Crippen LogP contribution in [0.5, 0.6) is 5.75 Å². The number of anilines is 2. The zero-order chi connectivity index (χ0) is 26.0. The number of hydrogen-bond acceptors (Lipinski definition) is 7. The molecule has 9 heteroatoms. The van der Waals surface area contributed by atoms with Crippen molar-refractivity contribution in [2.24, 2.45) is 0 Å². The second-order valence-electron chi connectivity index (χ2n) is 8.74. The molecule has 194 valence electrons. The fraction of sp³-hybridized carbons (Fsp3) is 0.321. The predicted octanol–water partition coefficient (Wildman–Crippen LogP) is 4.27.